The molecule has 0 N–H and O–H groups in total. The van der Waals surface area contributed by atoms with Crippen LogP contribution in [0.1, 0.15) is 50.7 Å². The molecule has 56 heavy (non-hydrogen) atoms. The Hall–Kier alpha value is -6.71. The van der Waals surface area contributed by atoms with E-state index in [0.717, 1.165) is 22.6 Å². The van der Waals surface area contributed by atoms with Gasteiger partial charge >= 0.3 is 0 Å². The molecule has 10 rings (SSSR count). The van der Waals surface area contributed by atoms with Crippen molar-refractivity contribution in [1.82, 2.24) is 14.1 Å². The smallest absolute Gasteiger partial charge is 0.0708 e. The van der Waals surface area contributed by atoms with Crippen LogP contribution < -0.4 is 0 Å². The molecule has 0 amide bonds. The van der Waals surface area contributed by atoms with Gasteiger partial charge in [-0.2, -0.15) is 0 Å². The Morgan fingerprint density at radius 2 is 0.804 bits per heavy atom. The summed E-state index contributed by atoms with van der Waals surface area (Å²) >= 11 is 0. The lowest BCUT2D eigenvalue weighted by molar-refractivity contribution is 0.861. The maximum atomic E-state index is 5.14. The van der Waals surface area contributed by atoms with Gasteiger partial charge in [0.25, 0.3) is 0 Å². The zero-order valence-electron chi connectivity index (χ0n) is 32.2. The Morgan fingerprint density at radius 3 is 1.25 bits per heavy atom. The predicted octanol–water partition coefficient (Wildman–Crippen LogP) is 14.5. The van der Waals surface area contributed by atoms with E-state index in [1.54, 1.807) is 0 Å². The molecule has 0 saturated heterocycles. The van der Waals surface area contributed by atoms with Crippen molar-refractivity contribution in [1.29, 1.82) is 0 Å². The Kier molecular flexibility index (Phi) is 8.18. The summed E-state index contributed by atoms with van der Waals surface area (Å²) in [5.74, 6) is 0.664. The Balaban J connectivity index is 1.10. The van der Waals surface area contributed by atoms with Gasteiger partial charge in [0.05, 0.1) is 27.8 Å². The summed E-state index contributed by atoms with van der Waals surface area (Å²) in [4.78, 5) is 5.14. The van der Waals surface area contributed by atoms with Gasteiger partial charge in [0.15, 0.2) is 0 Å². The summed E-state index contributed by atoms with van der Waals surface area (Å²) in [6.07, 6.45) is 2.10. The van der Waals surface area contributed by atoms with Crippen LogP contribution in [0.2, 0.25) is 0 Å². The van der Waals surface area contributed by atoms with Crippen LogP contribution >= 0.6 is 0 Å². The third-order valence-corrected chi connectivity index (χ3v) is 11.5. The molecule has 3 heteroatoms. The van der Waals surface area contributed by atoms with Crippen LogP contribution in [-0.2, 0) is 0 Å². The molecule has 0 atom stereocenters. The summed E-state index contributed by atoms with van der Waals surface area (Å²) in [7, 11) is 0. The number of rotatable bonds is 7. The van der Waals surface area contributed by atoms with Gasteiger partial charge in [-0.3, -0.25) is 4.98 Å². The lowest BCUT2D eigenvalue weighted by Crippen LogP contribution is -1.99. The number of pyridine rings is 1. The highest BCUT2D eigenvalue weighted by atomic mass is 15.0. The highest BCUT2D eigenvalue weighted by molar-refractivity contribution is 6.10. The molecule has 0 radical (unpaired) electrons. The van der Waals surface area contributed by atoms with Crippen molar-refractivity contribution in [2.75, 3.05) is 0 Å². The summed E-state index contributed by atoms with van der Waals surface area (Å²) in [6.45, 7) is 9.09. The van der Waals surface area contributed by atoms with Gasteiger partial charge in [-0.25, -0.2) is 0 Å². The van der Waals surface area contributed by atoms with Gasteiger partial charge in [-0.1, -0.05) is 137 Å². The number of para-hydroxylation sites is 4. The molecule has 0 bridgehead atoms. The van der Waals surface area contributed by atoms with Gasteiger partial charge < -0.3 is 9.13 Å². The van der Waals surface area contributed by atoms with Gasteiger partial charge in [-0.15, -0.1) is 0 Å². The second kappa shape index (κ2) is 13.5. The van der Waals surface area contributed by atoms with Crippen molar-refractivity contribution in [3.8, 4) is 44.9 Å². The summed E-state index contributed by atoms with van der Waals surface area (Å²) < 4.78 is 4.80. The zero-order chi connectivity index (χ0) is 37.9. The molecule has 10 aromatic rings. The van der Waals surface area contributed by atoms with Gasteiger partial charge in [-0.05, 0) is 106 Å². The van der Waals surface area contributed by atoms with Gasteiger partial charge in [0.2, 0.25) is 0 Å². The van der Waals surface area contributed by atoms with Crippen molar-refractivity contribution < 1.29 is 0 Å². The van der Waals surface area contributed by atoms with Crippen molar-refractivity contribution in [2.45, 2.75) is 39.5 Å². The fourth-order valence-corrected chi connectivity index (χ4v) is 8.83. The molecule has 0 spiro atoms. The normalized spacial score (nSPS) is 11.9. The highest BCUT2D eigenvalue weighted by Crippen LogP contribution is 2.39. The predicted molar refractivity (Wildman–Crippen MR) is 237 cm³/mol. The van der Waals surface area contributed by atoms with Crippen LogP contribution in [0.3, 0.4) is 0 Å². The van der Waals surface area contributed by atoms with Crippen molar-refractivity contribution in [3.63, 3.8) is 0 Å². The standard InChI is InChI=1S/C53H43N3/c1-34(2)41-28-27-38(31-46(41)36-15-13-17-39(29-36)55-50-23-9-5-19-42(50)43-20-6-10-24-51(43)55)49-32-47(48(33-54-49)35(3)4)37-16-14-18-40(30-37)56-52-25-11-7-21-44(52)45-22-8-12-26-53(45)56/h5-35H,1-4H3. The van der Waals surface area contributed by atoms with E-state index in [9.17, 15) is 0 Å². The first kappa shape index (κ1) is 33.8. The molecule has 0 aliphatic rings. The molecular weight excluding hydrogens is 679 g/mol. The average molecular weight is 722 g/mol. The Morgan fingerprint density at radius 1 is 0.375 bits per heavy atom. The van der Waals surface area contributed by atoms with Crippen molar-refractivity contribution in [3.05, 3.63) is 187 Å². The van der Waals surface area contributed by atoms with E-state index in [2.05, 4.69) is 213 Å². The molecular formula is C53H43N3. The van der Waals surface area contributed by atoms with E-state index < -0.39 is 0 Å². The number of fused-ring (bicyclic) bond motifs is 6. The lowest BCUT2D eigenvalue weighted by atomic mass is 9.89. The van der Waals surface area contributed by atoms with Crippen LogP contribution in [0.15, 0.2) is 176 Å². The zero-order valence-corrected chi connectivity index (χ0v) is 32.2. The minimum atomic E-state index is 0.311. The molecule has 0 unspecified atom stereocenters. The van der Waals surface area contributed by atoms with Gasteiger partial charge in [0, 0.05) is 44.7 Å². The second-order valence-corrected chi connectivity index (χ2v) is 15.6. The number of nitrogens with zero attached hydrogens (tertiary/aromatic N) is 3. The van der Waals surface area contributed by atoms with Crippen LogP contribution in [0, 0.1) is 0 Å². The van der Waals surface area contributed by atoms with E-state index in [1.165, 1.54) is 77.0 Å². The lowest BCUT2D eigenvalue weighted by Gasteiger charge is -2.18. The summed E-state index contributed by atoms with van der Waals surface area (Å²) in [6, 6.07) is 62.1. The van der Waals surface area contributed by atoms with E-state index in [0.29, 0.717) is 11.8 Å². The maximum absolute atomic E-state index is 5.14. The molecule has 0 aliphatic carbocycles. The third kappa shape index (κ3) is 5.54. The van der Waals surface area contributed by atoms with Gasteiger partial charge in [0.1, 0.15) is 0 Å². The van der Waals surface area contributed by atoms with E-state index >= 15 is 0 Å². The third-order valence-electron chi connectivity index (χ3n) is 11.5. The number of hydrogen-bond donors (Lipinski definition) is 0. The van der Waals surface area contributed by atoms with Crippen LogP contribution in [0.5, 0.6) is 0 Å². The number of aromatic nitrogens is 3. The minimum absolute atomic E-state index is 0.311. The molecule has 0 saturated carbocycles. The van der Waals surface area contributed by atoms with Crippen molar-refractivity contribution in [2.24, 2.45) is 0 Å². The number of hydrogen-bond acceptors (Lipinski definition) is 1. The van der Waals surface area contributed by atoms with Crippen molar-refractivity contribution >= 4 is 43.6 Å². The monoisotopic (exact) mass is 721 g/mol. The summed E-state index contributed by atoms with van der Waals surface area (Å²) in [5, 5.41) is 5.07. The SMILES string of the molecule is CC(C)c1ccc(-c2cc(-c3cccc(-n4c5ccccc5c5ccccc54)c3)c(C(C)C)cn2)cc1-c1cccc(-n2c3ccccc3c3ccccc32)c1. The van der Waals surface area contributed by atoms with E-state index in [-0.39, 0.29) is 0 Å². The van der Waals surface area contributed by atoms with Crippen LogP contribution in [0.4, 0.5) is 0 Å². The molecule has 7 aromatic carbocycles. The Labute approximate surface area is 328 Å². The second-order valence-electron chi connectivity index (χ2n) is 15.6. The minimum Gasteiger partial charge on any atom is -0.309 e. The number of benzene rings is 7. The molecule has 3 heterocycles. The topological polar surface area (TPSA) is 22.8 Å². The maximum Gasteiger partial charge on any atom is 0.0708 e. The largest absolute Gasteiger partial charge is 0.309 e. The van der Waals surface area contributed by atoms with Crippen LogP contribution in [0.25, 0.3) is 88.5 Å². The van der Waals surface area contributed by atoms with E-state index in [1.807, 2.05) is 0 Å². The average Bonchev–Trinajstić information content (AvgIpc) is 3.76. The molecule has 3 nitrogen and oxygen atoms in total. The fraction of sp³-hybridized carbons (Fsp3) is 0.113. The van der Waals surface area contributed by atoms with E-state index in [4.69, 9.17) is 4.98 Å². The first-order valence-electron chi connectivity index (χ1n) is 19.8. The molecule has 270 valence electrons. The quantitative estimate of drug-likeness (QED) is 0.161. The first-order chi connectivity index (χ1) is 27.4. The highest BCUT2D eigenvalue weighted by Gasteiger charge is 2.18. The fourth-order valence-electron chi connectivity index (χ4n) is 8.83. The Bertz CT molecular complexity index is 2780. The first-order valence-corrected chi connectivity index (χ1v) is 19.8. The molecule has 0 aliphatic heterocycles. The molecule has 3 aromatic heterocycles. The summed E-state index contributed by atoms with van der Waals surface area (Å²) in [5.41, 5.74) is 16.7. The molecule has 0 fully saturated rings. The van der Waals surface area contributed by atoms with Crippen LogP contribution in [-0.4, -0.2) is 14.1 Å².